The fourth-order valence-corrected chi connectivity index (χ4v) is 14.9. The third-order valence-electron chi connectivity index (χ3n) is 10.5. The van der Waals surface area contributed by atoms with Gasteiger partial charge in [0.25, 0.3) is 0 Å². The molecule has 1 atom stereocenters. The molecule has 0 radical (unpaired) electrons. The predicted octanol–water partition coefficient (Wildman–Crippen LogP) is 9.63. The second-order valence-corrected chi connectivity index (χ2v) is 18.4. The van der Waals surface area contributed by atoms with Crippen molar-refractivity contribution < 1.29 is 0 Å². The molecular weight excluding hydrogens is 569 g/mol. The number of rotatable bonds is 8. The Kier molecular flexibility index (Phi) is 8.66. The Labute approximate surface area is 278 Å². The van der Waals surface area contributed by atoms with Crippen LogP contribution in [0.1, 0.15) is 72.2 Å². The maximum absolute atomic E-state index is 2.82. The first-order chi connectivity index (χ1) is 22.0. The average Bonchev–Trinajstić information content (AvgIpc) is 3.20. The van der Waals surface area contributed by atoms with Crippen molar-refractivity contribution in [3.8, 4) is 0 Å². The molecule has 0 fully saturated rings. The van der Waals surface area contributed by atoms with Crippen LogP contribution in [-0.2, 0) is 12.8 Å². The Hall–Kier alpha value is -4.20. The molecule has 1 heteroatoms. The highest BCUT2D eigenvalue weighted by molar-refractivity contribution is 7.14. The van der Waals surface area contributed by atoms with Crippen LogP contribution < -0.4 is 15.6 Å². The number of allylic oxidation sites excluding steroid dienone is 4. The summed E-state index contributed by atoms with van der Waals surface area (Å²) < 4.78 is 0. The van der Waals surface area contributed by atoms with Gasteiger partial charge < -0.3 is 0 Å². The van der Waals surface area contributed by atoms with Gasteiger partial charge in [0, 0.05) is 5.04 Å². The SMILES string of the molecule is CC1=CC(C)([Si](c2cc(C)cc(C)c2)(c2cc(C)cc(C)c2)c2cc(Cc3ccccc3)cc(Cc3ccccc3)c2)C(C)=C1C. The highest BCUT2D eigenvalue weighted by Gasteiger charge is 2.56. The molecule has 1 unspecified atom stereocenters. The van der Waals surface area contributed by atoms with E-state index < -0.39 is 8.07 Å². The molecule has 1 aliphatic rings. The molecule has 0 aliphatic heterocycles. The summed E-state index contributed by atoms with van der Waals surface area (Å²) >= 11 is 0. The van der Waals surface area contributed by atoms with E-state index in [0.717, 1.165) is 12.8 Å². The van der Waals surface area contributed by atoms with Crippen molar-refractivity contribution in [2.45, 2.75) is 73.3 Å². The molecule has 0 saturated carbocycles. The summed E-state index contributed by atoms with van der Waals surface area (Å²) in [5, 5.41) is 4.34. The molecule has 46 heavy (non-hydrogen) atoms. The molecule has 0 amide bonds. The van der Waals surface area contributed by atoms with E-state index in [2.05, 4.69) is 177 Å². The van der Waals surface area contributed by atoms with E-state index in [4.69, 9.17) is 0 Å². The Balaban J connectivity index is 1.76. The van der Waals surface area contributed by atoms with E-state index in [9.17, 15) is 0 Å². The Morgan fingerprint density at radius 2 is 0.848 bits per heavy atom. The van der Waals surface area contributed by atoms with Gasteiger partial charge in [-0.25, -0.2) is 0 Å². The van der Waals surface area contributed by atoms with Gasteiger partial charge in [-0.3, -0.25) is 0 Å². The maximum atomic E-state index is 2.64. The van der Waals surface area contributed by atoms with Gasteiger partial charge in [-0.05, 0) is 105 Å². The zero-order valence-corrected chi connectivity index (χ0v) is 30.0. The predicted molar refractivity (Wildman–Crippen MR) is 202 cm³/mol. The van der Waals surface area contributed by atoms with Crippen LogP contribution >= 0.6 is 0 Å². The third-order valence-corrected chi connectivity index (χ3v) is 16.1. The lowest BCUT2D eigenvalue weighted by Gasteiger charge is -2.48. The number of hydrogen-bond donors (Lipinski definition) is 0. The molecule has 0 N–H and O–H groups in total. The van der Waals surface area contributed by atoms with E-state index >= 15 is 0 Å². The summed E-state index contributed by atoms with van der Waals surface area (Å²) in [5.41, 5.74) is 15.2. The highest BCUT2D eigenvalue weighted by atomic mass is 28.3. The standard InChI is InChI=1S/C45H48Si/c1-31-19-32(2)22-42(21-31)46(43-23-33(3)20-34(4)24-43,45(8)30-35(5)36(6)37(45)7)44-28-40(25-38-15-11-9-12-16-38)27-41(29-44)26-39-17-13-10-14-18-39/h9-24,27-30H,25-26H2,1-8H3. The first kappa shape index (κ1) is 31.8. The van der Waals surface area contributed by atoms with Crippen LogP contribution in [0.2, 0.25) is 5.04 Å². The second-order valence-electron chi connectivity index (χ2n) is 14.1. The first-order valence-electron chi connectivity index (χ1n) is 16.8. The van der Waals surface area contributed by atoms with E-state index in [1.54, 1.807) is 0 Å². The summed E-state index contributed by atoms with van der Waals surface area (Å²) in [7, 11) is -2.82. The Morgan fingerprint density at radius 3 is 1.22 bits per heavy atom. The average molecular weight is 617 g/mol. The third kappa shape index (κ3) is 5.78. The molecule has 0 spiro atoms. The van der Waals surface area contributed by atoms with Crippen molar-refractivity contribution in [2.75, 3.05) is 0 Å². The molecule has 0 heterocycles. The lowest BCUT2D eigenvalue weighted by Crippen LogP contribution is -2.73. The fourth-order valence-electron chi connectivity index (χ4n) is 8.35. The molecule has 0 aromatic heterocycles. The normalized spacial score (nSPS) is 16.6. The van der Waals surface area contributed by atoms with E-state index in [1.165, 1.54) is 76.8 Å². The van der Waals surface area contributed by atoms with Crippen LogP contribution in [0.25, 0.3) is 0 Å². The molecule has 5 aromatic rings. The van der Waals surface area contributed by atoms with Crippen molar-refractivity contribution in [2.24, 2.45) is 0 Å². The summed E-state index contributed by atoms with van der Waals surface area (Å²) in [6.07, 6.45) is 4.47. The molecule has 232 valence electrons. The topological polar surface area (TPSA) is 0 Å². The van der Waals surface area contributed by atoms with Crippen molar-refractivity contribution in [1.29, 1.82) is 0 Å². The van der Waals surface area contributed by atoms with Gasteiger partial charge in [0.1, 0.15) is 0 Å². The van der Waals surface area contributed by atoms with Crippen LogP contribution in [0, 0.1) is 27.7 Å². The summed E-state index contributed by atoms with van der Waals surface area (Å²) in [6.45, 7) is 18.7. The smallest absolute Gasteiger partial charge is 0.0730 e. The molecule has 0 saturated heterocycles. The molecule has 0 nitrogen and oxygen atoms in total. The minimum atomic E-state index is -2.82. The largest absolute Gasteiger partial charge is 0.161 e. The van der Waals surface area contributed by atoms with Crippen LogP contribution in [0.4, 0.5) is 0 Å². The van der Waals surface area contributed by atoms with Crippen molar-refractivity contribution >= 4 is 23.6 Å². The van der Waals surface area contributed by atoms with Crippen LogP contribution in [0.3, 0.4) is 0 Å². The Morgan fingerprint density at radius 1 is 0.457 bits per heavy atom. The van der Waals surface area contributed by atoms with Gasteiger partial charge in [0.05, 0.1) is 0 Å². The van der Waals surface area contributed by atoms with Gasteiger partial charge >= 0.3 is 0 Å². The molecule has 1 aliphatic carbocycles. The van der Waals surface area contributed by atoms with Crippen molar-refractivity contribution in [3.63, 3.8) is 0 Å². The monoisotopic (exact) mass is 616 g/mol. The van der Waals surface area contributed by atoms with Gasteiger partial charge in [-0.15, -0.1) is 0 Å². The van der Waals surface area contributed by atoms with Crippen LogP contribution in [0.15, 0.2) is 138 Å². The summed E-state index contributed by atoms with van der Waals surface area (Å²) in [4.78, 5) is 0. The van der Waals surface area contributed by atoms with E-state index in [1.807, 2.05) is 0 Å². The van der Waals surface area contributed by atoms with E-state index in [-0.39, 0.29) is 5.04 Å². The molecular formula is C45H48Si. The minimum absolute atomic E-state index is 0.156. The first-order valence-corrected chi connectivity index (χ1v) is 18.8. The molecule has 5 aromatic carbocycles. The van der Waals surface area contributed by atoms with Crippen molar-refractivity contribution in [1.82, 2.24) is 0 Å². The number of aryl methyl sites for hydroxylation is 4. The quantitative estimate of drug-likeness (QED) is 0.120. The van der Waals surface area contributed by atoms with Crippen LogP contribution in [-0.4, -0.2) is 8.07 Å². The molecule has 6 rings (SSSR count). The second kappa shape index (κ2) is 12.5. The van der Waals surface area contributed by atoms with E-state index in [0.29, 0.717) is 0 Å². The fraction of sp³-hybridized carbons (Fsp3) is 0.244. The lowest BCUT2D eigenvalue weighted by molar-refractivity contribution is 0.869. The maximum Gasteiger partial charge on any atom is 0.161 e. The van der Waals surface area contributed by atoms with Gasteiger partial charge in [-0.1, -0.05) is 162 Å². The highest BCUT2D eigenvalue weighted by Crippen LogP contribution is 2.53. The van der Waals surface area contributed by atoms with Crippen LogP contribution in [0.5, 0.6) is 0 Å². The molecule has 0 bridgehead atoms. The minimum Gasteiger partial charge on any atom is -0.0730 e. The summed E-state index contributed by atoms with van der Waals surface area (Å²) in [5.74, 6) is 0. The van der Waals surface area contributed by atoms with Gasteiger partial charge in [-0.2, -0.15) is 0 Å². The zero-order chi connectivity index (χ0) is 32.6. The van der Waals surface area contributed by atoms with Gasteiger partial charge in [0.15, 0.2) is 8.07 Å². The number of hydrogen-bond acceptors (Lipinski definition) is 0. The van der Waals surface area contributed by atoms with Crippen molar-refractivity contribution in [3.05, 3.63) is 183 Å². The summed E-state index contributed by atoms with van der Waals surface area (Å²) in [6, 6.07) is 44.4. The Bertz CT molecular complexity index is 1810. The lowest BCUT2D eigenvalue weighted by atomic mass is 9.99. The zero-order valence-electron chi connectivity index (χ0n) is 29.0. The van der Waals surface area contributed by atoms with Gasteiger partial charge in [0.2, 0.25) is 0 Å². The number of benzene rings is 5.